The molecule has 1 unspecified atom stereocenters. The van der Waals surface area contributed by atoms with Crippen LogP contribution in [0.4, 0.5) is 0 Å². The largest absolute Gasteiger partial charge is 0.462 e. The minimum atomic E-state index is -0.784. The molecule has 0 N–H and O–H groups in total. The van der Waals surface area contributed by atoms with E-state index >= 15 is 0 Å². The molecule has 0 amide bonds. The number of ether oxygens (including phenoxy) is 3. The summed E-state index contributed by atoms with van der Waals surface area (Å²) in [4.78, 5) is 38.3. The Hall–Kier alpha value is -3.93. The van der Waals surface area contributed by atoms with E-state index in [1.165, 1.54) is 148 Å². The van der Waals surface area contributed by atoms with Crippen LogP contribution >= 0.6 is 0 Å². The second-order valence-electron chi connectivity index (χ2n) is 22.4. The number of unbranched alkanes of at least 4 members (excludes halogenated alkanes) is 32. The first kappa shape index (κ1) is 76.1. The lowest BCUT2D eigenvalue weighted by Gasteiger charge is -2.18. The predicted molar refractivity (Wildman–Crippen MR) is 348 cm³/mol. The van der Waals surface area contributed by atoms with Crippen LogP contribution in [-0.2, 0) is 28.6 Å². The molecule has 458 valence electrons. The van der Waals surface area contributed by atoms with Crippen LogP contribution in [0.1, 0.15) is 323 Å². The molecule has 0 fully saturated rings. The van der Waals surface area contributed by atoms with Crippen molar-refractivity contribution in [2.24, 2.45) is 0 Å². The molecule has 1 atom stereocenters. The Labute approximate surface area is 495 Å². The van der Waals surface area contributed by atoms with Gasteiger partial charge in [-0.3, -0.25) is 14.4 Å². The second kappa shape index (κ2) is 67.6. The number of carbonyl (C=O) groups is 3. The van der Waals surface area contributed by atoms with E-state index in [9.17, 15) is 14.4 Å². The summed E-state index contributed by atoms with van der Waals surface area (Å²) < 4.78 is 16.9. The third-order valence-electron chi connectivity index (χ3n) is 14.5. The Morgan fingerprint density at radius 1 is 0.263 bits per heavy atom. The highest BCUT2D eigenvalue weighted by Gasteiger charge is 2.19. The van der Waals surface area contributed by atoms with Gasteiger partial charge in [0.1, 0.15) is 13.2 Å². The van der Waals surface area contributed by atoms with Gasteiger partial charge in [-0.2, -0.15) is 0 Å². The van der Waals surface area contributed by atoms with Crippen LogP contribution in [0.25, 0.3) is 0 Å². The van der Waals surface area contributed by atoms with Gasteiger partial charge in [0.25, 0.3) is 0 Å². The normalized spacial score (nSPS) is 12.8. The van der Waals surface area contributed by atoms with Gasteiger partial charge in [-0.15, -0.1) is 0 Å². The Balaban J connectivity index is 4.27. The summed E-state index contributed by atoms with van der Waals surface area (Å²) >= 11 is 0. The molecule has 0 aromatic heterocycles. The summed E-state index contributed by atoms with van der Waals surface area (Å²) in [7, 11) is 0. The first-order valence-electron chi connectivity index (χ1n) is 33.9. The lowest BCUT2D eigenvalue weighted by atomic mass is 10.0. The second-order valence-corrected chi connectivity index (χ2v) is 22.4. The van der Waals surface area contributed by atoms with Crippen LogP contribution < -0.4 is 0 Å². The van der Waals surface area contributed by atoms with Crippen molar-refractivity contribution in [2.75, 3.05) is 13.2 Å². The van der Waals surface area contributed by atoms with E-state index in [1.807, 2.05) is 0 Å². The molecule has 0 rings (SSSR count). The molecule has 0 aliphatic rings. The summed E-state index contributed by atoms with van der Waals surface area (Å²) in [5.41, 5.74) is 0. The van der Waals surface area contributed by atoms with Crippen molar-refractivity contribution in [1.82, 2.24) is 0 Å². The van der Waals surface area contributed by atoms with Gasteiger partial charge < -0.3 is 14.2 Å². The van der Waals surface area contributed by atoms with Crippen LogP contribution in [-0.4, -0.2) is 37.2 Å². The molecule has 6 heteroatoms. The van der Waals surface area contributed by atoms with Gasteiger partial charge >= 0.3 is 17.9 Å². The van der Waals surface area contributed by atoms with E-state index in [2.05, 4.69) is 130 Å². The molecule has 0 spiro atoms. The topological polar surface area (TPSA) is 78.9 Å². The zero-order chi connectivity index (χ0) is 57.8. The molecule has 0 aliphatic carbocycles. The number of rotatable bonds is 61. The van der Waals surface area contributed by atoms with Gasteiger partial charge in [0.2, 0.25) is 0 Å². The van der Waals surface area contributed by atoms with Gasteiger partial charge in [-0.25, -0.2) is 0 Å². The van der Waals surface area contributed by atoms with Gasteiger partial charge in [-0.05, 0) is 89.9 Å². The van der Waals surface area contributed by atoms with Crippen molar-refractivity contribution in [3.63, 3.8) is 0 Å². The molecular formula is C74H126O6. The monoisotopic (exact) mass is 1110 g/mol. The highest BCUT2D eigenvalue weighted by molar-refractivity contribution is 5.71. The number of esters is 3. The van der Waals surface area contributed by atoms with Crippen LogP contribution in [0.3, 0.4) is 0 Å². The fourth-order valence-corrected chi connectivity index (χ4v) is 9.50. The molecule has 80 heavy (non-hydrogen) atoms. The van der Waals surface area contributed by atoms with Crippen molar-refractivity contribution in [2.45, 2.75) is 329 Å². The summed E-state index contributed by atoms with van der Waals surface area (Å²) in [6.45, 7) is 6.54. The fraction of sp³-hybridized carbons (Fsp3) is 0.716. The maximum atomic E-state index is 12.9. The third kappa shape index (κ3) is 64.9. The number of hydrogen-bond donors (Lipinski definition) is 0. The van der Waals surface area contributed by atoms with Gasteiger partial charge in [-0.1, -0.05) is 323 Å². The molecule has 0 radical (unpaired) electrons. The molecule has 0 aromatic carbocycles. The minimum Gasteiger partial charge on any atom is -0.462 e. The molecule has 0 heterocycles. The highest BCUT2D eigenvalue weighted by atomic mass is 16.6. The van der Waals surface area contributed by atoms with E-state index in [0.717, 1.165) is 135 Å². The maximum absolute atomic E-state index is 12.9. The van der Waals surface area contributed by atoms with Crippen molar-refractivity contribution < 1.29 is 28.6 Å². The van der Waals surface area contributed by atoms with Crippen LogP contribution in [0.5, 0.6) is 0 Å². The van der Waals surface area contributed by atoms with E-state index in [-0.39, 0.29) is 31.1 Å². The fourth-order valence-electron chi connectivity index (χ4n) is 9.50. The SMILES string of the molecule is CC/C=C\C/C=C\C/C=C\C/C=C\C/C=C\C/C=C\C/C=C\C/C=C\C/C=C\CCCCCCCC(=O)OCC(COC(=O)CCCCCCCCCCCCC)OC(=O)CCCCCCCCCCCCCCCCCCCC. The van der Waals surface area contributed by atoms with E-state index in [1.54, 1.807) is 0 Å². The van der Waals surface area contributed by atoms with Crippen LogP contribution in [0, 0.1) is 0 Å². The average Bonchev–Trinajstić information content (AvgIpc) is 3.46. The Kier molecular flexibility index (Phi) is 64.3. The van der Waals surface area contributed by atoms with Gasteiger partial charge in [0.15, 0.2) is 6.10 Å². The molecule has 0 saturated heterocycles. The number of allylic oxidation sites excluding steroid dienone is 18. The van der Waals surface area contributed by atoms with Gasteiger partial charge in [0.05, 0.1) is 0 Å². The summed E-state index contributed by atoms with van der Waals surface area (Å²) in [5.74, 6) is -0.888. The van der Waals surface area contributed by atoms with Crippen molar-refractivity contribution >= 4 is 17.9 Å². The first-order chi connectivity index (χ1) is 39.5. The van der Waals surface area contributed by atoms with E-state index in [0.29, 0.717) is 19.3 Å². The van der Waals surface area contributed by atoms with Crippen molar-refractivity contribution in [3.05, 3.63) is 109 Å². The Morgan fingerprint density at radius 2 is 0.487 bits per heavy atom. The summed E-state index contributed by atoms with van der Waals surface area (Å²) in [6.07, 6.45) is 92.5. The standard InChI is InChI=1S/C74H126O6/c1-4-7-10-13-16-19-22-24-26-28-30-31-32-33-34-35-36-37-38-39-40-41-42-43-44-46-47-49-52-55-58-61-64-67-73(76)79-70-71(69-78-72(75)66-63-60-57-54-51-21-18-15-12-9-6-3)80-74(77)68-65-62-59-56-53-50-48-45-29-27-25-23-20-17-14-11-8-5-2/h7,10,16,19,24,26,30-31,33-34,36-37,39-40,42-43,46-47,71H,4-6,8-9,11-15,17-18,20-23,25,27-29,32,35,38,41,44-45,48-70H2,1-3H3/b10-7-,19-16-,26-24-,31-30-,34-33-,37-36-,40-39-,43-42-,47-46-. The van der Waals surface area contributed by atoms with E-state index < -0.39 is 6.10 Å². The molecule has 0 aromatic rings. The molecule has 6 nitrogen and oxygen atoms in total. The van der Waals surface area contributed by atoms with Crippen LogP contribution in [0.2, 0.25) is 0 Å². The zero-order valence-corrected chi connectivity index (χ0v) is 52.6. The predicted octanol–water partition coefficient (Wildman–Crippen LogP) is 23.4. The molecule has 0 aliphatic heterocycles. The molecular weight excluding hydrogens is 985 g/mol. The average molecular weight is 1110 g/mol. The first-order valence-corrected chi connectivity index (χ1v) is 33.9. The van der Waals surface area contributed by atoms with Crippen molar-refractivity contribution in [3.8, 4) is 0 Å². The zero-order valence-electron chi connectivity index (χ0n) is 52.6. The third-order valence-corrected chi connectivity index (χ3v) is 14.5. The highest BCUT2D eigenvalue weighted by Crippen LogP contribution is 2.17. The quantitative estimate of drug-likeness (QED) is 0.0261. The van der Waals surface area contributed by atoms with Gasteiger partial charge in [0, 0.05) is 19.3 Å². The number of hydrogen-bond acceptors (Lipinski definition) is 6. The lowest BCUT2D eigenvalue weighted by Crippen LogP contribution is -2.30. The van der Waals surface area contributed by atoms with Crippen molar-refractivity contribution in [1.29, 1.82) is 0 Å². The van der Waals surface area contributed by atoms with E-state index in [4.69, 9.17) is 14.2 Å². The number of carbonyl (C=O) groups excluding carboxylic acids is 3. The smallest absolute Gasteiger partial charge is 0.306 e. The molecule has 0 bridgehead atoms. The molecule has 0 saturated carbocycles. The Bertz CT molecular complexity index is 1610. The lowest BCUT2D eigenvalue weighted by molar-refractivity contribution is -0.167. The maximum Gasteiger partial charge on any atom is 0.306 e. The summed E-state index contributed by atoms with van der Waals surface area (Å²) in [6, 6.07) is 0. The minimum absolute atomic E-state index is 0.0800. The summed E-state index contributed by atoms with van der Waals surface area (Å²) in [5, 5.41) is 0. The van der Waals surface area contributed by atoms with Crippen LogP contribution in [0.15, 0.2) is 109 Å². The Morgan fingerprint density at radius 3 is 0.762 bits per heavy atom.